The lowest BCUT2D eigenvalue weighted by Gasteiger charge is -2.12. The van der Waals surface area contributed by atoms with Crippen LogP contribution in [0.4, 0.5) is 0 Å². The molecule has 1 heteroatoms. The largest absolute Gasteiger partial charge is 0.0888 e. The highest BCUT2D eigenvalue weighted by atomic mass is 79.9. The molecule has 0 rings (SSSR count). The topological polar surface area (TPSA) is 0 Å². The SMILES string of the molecule is CCCCCCCCCCCCCCCCC(Br)C(C)C. The third kappa shape index (κ3) is 16.7. The molecule has 0 radical (unpaired) electrons. The highest BCUT2D eigenvalue weighted by Gasteiger charge is 2.07. The molecule has 0 fully saturated rings. The smallest absolute Gasteiger partial charge is 0.0168 e. The fourth-order valence-electron chi connectivity index (χ4n) is 2.87. The second kappa shape index (κ2) is 16.8. The second-order valence-corrected chi connectivity index (χ2v) is 8.32. The zero-order valence-electron chi connectivity index (χ0n) is 15.1. The van der Waals surface area contributed by atoms with Crippen LogP contribution in [0.3, 0.4) is 0 Å². The number of hydrogen-bond acceptors (Lipinski definition) is 0. The van der Waals surface area contributed by atoms with Crippen molar-refractivity contribution in [1.82, 2.24) is 0 Å². The van der Waals surface area contributed by atoms with Crippen molar-refractivity contribution in [3.05, 3.63) is 0 Å². The van der Waals surface area contributed by atoms with Gasteiger partial charge in [-0.05, 0) is 12.3 Å². The summed E-state index contributed by atoms with van der Waals surface area (Å²) >= 11 is 3.78. The van der Waals surface area contributed by atoms with Crippen molar-refractivity contribution in [3.8, 4) is 0 Å². The first-order chi connectivity index (χ1) is 10.2. The summed E-state index contributed by atoms with van der Waals surface area (Å²) in [5.74, 6) is 0.784. The highest BCUT2D eigenvalue weighted by Crippen LogP contribution is 2.20. The average Bonchev–Trinajstić information content (AvgIpc) is 2.47. The van der Waals surface area contributed by atoms with E-state index in [1.807, 2.05) is 0 Å². The minimum Gasteiger partial charge on any atom is -0.0888 e. The summed E-state index contributed by atoms with van der Waals surface area (Å²) in [6.07, 6.45) is 21.7. The van der Waals surface area contributed by atoms with Gasteiger partial charge in [0, 0.05) is 4.83 Å². The second-order valence-electron chi connectivity index (χ2n) is 7.14. The molecule has 0 nitrogen and oxygen atoms in total. The Kier molecular flexibility index (Phi) is 17.2. The van der Waals surface area contributed by atoms with Crippen LogP contribution < -0.4 is 0 Å². The maximum atomic E-state index is 3.78. The number of unbranched alkanes of at least 4 members (excludes halogenated alkanes) is 13. The first kappa shape index (κ1) is 21.5. The van der Waals surface area contributed by atoms with Crippen molar-refractivity contribution in [2.75, 3.05) is 0 Å². The Balaban J connectivity index is 3.03. The van der Waals surface area contributed by atoms with Crippen LogP contribution in [0.2, 0.25) is 0 Å². The lowest BCUT2D eigenvalue weighted by Crippen LogP contribution is -2.06. The third-order valence-corrected chi connectivity index (χ3v) is 6.07. The molecule has 21 heavy (non-hydrogen) atoms. The van der Waals surface area contributed by atoms with Gasteiger partial charge in [-0.25, -0.2) is 0 Å². The van der Waals surface area contributed by atoms with Gasteiger partial charge >= 0.3 is 0 Å². The highest BCUT2D eigenvalue weighted by molar-refractivity contribution is 9.09. The average molecular weight is 361 g/mol. The molecule has 0 aromatic rings. The molecule has 0 spiro atoms. The Hall–Kier alpha value is 0.480. The molecule has 0 amide bonds. The van der Waals surface area contributed by atoms with E-state index in [1.54, 1.807) is 0 Å². The fourth-order valence-corrected chi connectivity index (χ4v) is 3.19. The normalized spacial score (nSPS) is 13.0. The monoisotopic (exact) mass is 360 g/mol. The molecule has 0 saturated heterocycles. The molecule has 0 aromatic heterocycles. The van der Waals surface area contributed by atoms with Crippen molar-refractivity contribution in [1.29, 1.82) is 0 Å². The molecule has 1 unspecified atom stereocenters. The van der Waals surface area contributed by atoms with Gasteiger partial charge in [-0.15, -0.1) is 0 Å². The predicted molar refractivity (Wildman–Crippen MR) is 102 cm³/mol. The summed E-state index contributed by atoms with van der Waals surface area (Å²) in [6, 6.07) is 0. The van der Waals surface area contributed by atoms with E-state index in [2.05, 4.69) is 36.7 Å². The van der Waals surface area contributed by atoms with Crippen molar-refractivity contribution >= 4 is 15.9 Å². The zero-order chi connectivity index (χ0) is 15.8. The van der Waals surface area contributed by atoms with E-state index in [0.717, 1.165) is 10.7 Å². The van der Waals surface area contributed by atoms with E-state index in [0.29, 0.717) is 0 Å². The Morgan fingerprint density at radius 1 is 0.571 bits per heavy atom. The van der Waals surface area contributed by atoms with Gasteiger partial charge in [0.2, 0.25) is 0 Å². The molecule has 0 heterocycles. The first-order valence-corrected chi connectivity index (χ1v) is 10.7. The first-order valence-electron chi connectivity index (χ1n) is 9.82. The van der Waals surface area contributed by atoms with Crippen LogP contribution in [0.15, 0.2) is 0 Å². The molecule has 128 valence electrons. The van der Waals surface area contributed by atoms with Crippen LogP contribution in [-0.4, -0.2) is 4.83 Å². The van der Waals surface area contributed by atoms with E-state index in [1.165, 1.54) is 96.3 Å². The van der Waals surface area contributed by atoms with Crippen molar-refractivity contribution in [2.45, 2.75) is 122 Å². The van der Waals surface area contributed by atoms with E-state index >= 15 is 0 Å². The van der Waals surface area contributed by atoms with E-state index in [9.17, 15) is 0 Å². The molecule has 0 saturated carbocycles. The van der Waals surface area contributed by atoms with Gasteiger partial charge in [-0.3, -0.25) is 0 Å². The van der Waals surface area contributed by atoms with E-state index < -0.39 is 0 Å². The molecular formula is C20H41Br. The molecular weight excluding hydrogens is 320 g/mol. The predicted octanol–water partition coefficient (Wildman–Crippen LogP) is 8.28. The van der Waals surface area contributed by atoms with Gasteiger partial charge in [-0.2, -0.15) is 0 Å². The Bertz CT molecular complexity index is 188. The van der Waals surface area contributed by atoms with Gasteiger partial charge in [0.15, 0.2) is 0 Å². The summed E-state index contributed by atoms with van der Waals surface area (Å²) in [5.41, 5.74) is 0. The minimum atomic E-state index is 0.731. The zero-order valence-corrected chi connectivity index (χ0v) is 16.7. The van der Waals surface area contributed by atoms with Gasteiger partial charge in [0.1, 0.15) is 0 Å². The van der Waals surface area contributed by atoms with Crippen LogP contribution in [0, 0.1) is 5.92 Å². The molecule has 0 aliphatic heterocycles. The molecule has 0 aliphatic carbocycles. The Morgan fingerprint density at radius 2 is 0.905 bits per heavy atom. The number of rotatable bonds is 16. The lowest BCUT2D eigenvalue weighted by atomic mass is 10.0. The van der Waals surface area contributed by atoms with Gasteiger partial charge in [0.05, 0.1) is 0 Å². The van der Waals surface area contributed by atoms with Crippen LogP contribution >= 0.6 is 15.9 Å². The molecule has 0 aromatic carbocycles. The summed E-state index contributed by atoms with van der Waals surface area (Å²) in [7, 11) is 0. The Morgan fingerprint density at radius 3 is 1.24 bits per heavy atom. The van der Waals surface area contributed by atoms with Crippen LogP contribution in [-0.2, 0) is 0 Å². The van der Waals surface area contributed by atoms with E-state index in [-0.39, 0.29) is 0 Å². The van der Waals surface area contributed by atoms with Crippen molar-refractivity contribution in [3.63, 3.8) is 0 Å². The maximum Gasteiger partial charge on any atom is 0.0168 e. The quantitative estimate of drug-likeness (QED) is 0.192. The summed E-state index contributed by atoms with van der Waals surface area (Å²) in [4.78, 5) is 0.731. The van der Waals surface area contributed by atoms with Gasteiger partial charge in [0.25, 0.3) is 0 Å². The molecule has 1 atom stereocenters. The van der Waals surface area contributed by atoms with Gasteiger partial charge < -0.3 is 0 Å². The van der Waals surface area contributed by atoms with Crippen molar-refractivity contribution < 1.29 is 0 Å². The van der Waals surface area contributed by atoms with Crippen molar-refractivity contribution in [2.24, 2.45) is 5.92 Å². The van der Waals surface area contributed by atoms with Gasteiger partial charge in [-0.1, -0.05) is 127 Å². The van der Waals surface area contributed by atoms with Crippen LogP contribution in [0.5, 0.6) is 0 Å². The maximum absolute atomic E-state index is 3.78. The minimum absolute atomic E-state index is 0.731. The molecule has 0 aliphatic rings. The number of halogens is 1. The molecule has 0 N–H and O–H groups in total. The summed E-state index contributed by atoms with van der Waals surface area (Å²) in [5, 5.41) is 0. The summed E-state index contributed by atoms with van der Waals surface area (Å²) < 4.78 is 0. The Labute approximate surface area is 144 Å². The number of hydrogen-bond donors (Lipinski definition) is 0. The standard InChI is InChI=1S/C20H41Br/c1-4-5-6-7-8-9-10-11-12-13-14-15-16-17-18-20(21)19(2)3/h19-20H,4-18H2,1-3H3. The number of alkyl halides is 1. The summed E-state index contributed by atoms with van der Waals surface area (Å²) in [6.45, 7) is 6.91. The van der Waals surface area contributed by atoms with Crippen LogP contribution in [0.1, 0.15) is 117 Å². The lowest BCUT2D eigenvalue weighted by molar-refractivity contribution is 0.514. The fraction of sp³-hybridized carbons (Fsp3) is 1.00. The third-order valence-electron chi connectivity index (χ3n) is 4.56. The van der Waals surface area contributed by atoms with Crippen LogP contribution in [0.25, 0.3) is 0 Å². The van der Waals surface area contributed by atoms with E-state index in [4.69, 9.17) is 0 Å². The molecule has 0 bridgehead atoms.